The summed E-state index contributed by atoms with van der Waals surface area (Å²) in [6.45, 7) is 7.39. The standard InChI is InChI=1S/C20H26N2O3/c1-6-22(14(2)3)16-9-7-15(8-10-16)21-20(23)18-12-11-17(24-4)13-19(18)25-5/h7-14H,6H2,1-5H3,(H,21,23). The number of nitrogens with zero attached hydrogens (tertiary/aromatic N) is 1. The number of hydrogen-bond donors (Lipinski definition) is 1. The molecule has 0 aliphatic carbocycles. The lowest BCUT2D eigenvalue weighted by Gasteiger charge is -2.27. The van der Waals surface area contributed by atoms with Crippen LogP contribution in [0.3, 0.4) is 0 Å². The average molecular weight is 342 g/mol. The van der Waals surface area contributed by atoms with E-state index in [9.17, 15) is 4.79 Å². The summed E-state index contributed by atoms with van der Waals surface area (Å²) >= 11 is 0. The highest BCUT2D eigenvalue weighted by Gasteiger charge is 2.14. The molecule has 0 heterocycles. The maximum absolute atomic E-state index is 12.5. The topological polar surface area (TPSA) is 50.8 Å². The molecule has 134 valence electrons. The van der Waals surface area contributed by atoms with Crippen molar-refractivity contribution in [1.82, 2.24) is 0 Å². The minimum absolute atomic E-state index is 0.219. The van der Waals surface area contributed by atoms with E-state index in [1.807, 2.05) is 24.3 Å². The van der Waals surface area contributed by atoms with Crippen LogP contribution in [0.15, 0.2) is 42.5 Å². The zero-order valence-electron chi connectivity index (χ0n) is 15.5. The van der Waals surface area contributed by atoms with Crippen molar-refractivity contribution in [1.29, 1.82) is 0 Å². The third kappa shape index (κ3) is 4.44. The number of carbonyl (C=O) groups is 1. The van der Waals surface area contributed by atoms with Crippen LogP contribution in [0.4, 0.5) is 11.4 Å². The fraction of sp³-hybridized carbons (Fsp3) is 0.350. The maximum atomic E-state index is 12.5. The van der Waals surface area contributed by atoms with Crippen LogP contribution >= 0.6 is 0 Å². The third-order valence-corrected chi connectivity index (χ3v) is 4.07. The summed E-state index contributed by atoms with van der Waals surface area (Å²) in [5.41, 5.74) is 2.34. The van der Waals surface area contributed by atoms with E-state index in [-0.39, 0.29) is 5.91 Å². The zero-order chi connectivity index (χ0) is 18.4. The summed E-state index contributed by atoms with van der Waals surface area (Å²) in [6.07, 6.45) is 0. The van der Waals surface area contributed by atoms with Gasteiger partial charge in [0.2, 0.25) is 0 Å². The second kappa shape index (κ2) is 8.42. The summed E-state index contributed by atoms with van der Waals surface area (Å²) < 4.78 is 10.4. The minimum atomic E-state index is -0.219. The Labute approximate surface area is 149 Å². The number of benzene rings is 2. The van der Waals surface area contributed by atoms with Crippen molar-refractivity contribution in [3.63, 3.8) is 0 Å². The van der Waals surface area contributed by atoms with Gasteiger partial charge >= 0.3 is 0 Å². The molecular weight excluding hydrogens is 316 g/mol. The first-order chi connectivity index (χ1) is 12.0. The molecule has 0 aliphatic rings. The van der Waals surface area contributed by atoms with Crippen LogP contribution in [0.1, 0.15) is 31.1 Å². The van der Waals surface area contributed by atoms with E-state index in [4.69, 9.17) is 9.47 Å². The second-order valence-electron chi connectivity index (χ2n) is 5.95. The van der Waals surface area contributed by atoms with Gasteiger partial charge in [0, 0.05) is 30.0 Å². The number of hydrogen-bond acceptors (Lipinski definition) is 4. The molecule has 0 unspecified atom stereocenters. The predicted octanol–water partition coefficient (Wildman–Crippen LogP) is 4.19. The van der Waals surface area contributed by atoms with Crippen LogP contribution in [-0.2, 0) is 0 Å². The predicted molar refractivity (Wildman–Crippen MR) is 102 cm³/mol. The van der Waals surface area contributed by atoms with Gasteiger partial charge in [-0.2, -0.15) is 0 Å². The maximum Gasteiger partial charge on any atom is 0.259 e. The van der Waals surface area contributed by atoms with E-state index >= 15 is 0 Å². The lowest BCUT2D eigenvalue weighted by molar-refractivity contribution is 0.102. The van der Waals surface area contributed by atoms with Crippen molar-refractivity contribution < 1.29 is 14.3 Å². The monoisotopic (exact) mass is 342 g/mol. The summed E-state index contributed by atoms with van der Waals surface area (Å²) in [6, 6.07) is 13.4. The molecule has 0 aromatic heterocycles. The number of methoxy groups -OCH3 is 2. The molecule has 5 nitrogen and oxygen atoms in total. The van der Waals surface area contributed by atoms with Gasteiger partial charge in [-0.25, -0.2) is 0 Å². The van der Waals surface area contributed by atoms with Crippen molar-refractivity contribution in [2.45, 2.75) is 26.8 Å². The van der Waals surface area contributed by atoms with E-state index in [2.05, 4.69) is 31.0 Å². The van der Waals surface area contributed by atoms with Gasteiger partial charge in [-0.05, 0) is 57.2 Å². The minimum Gasteiger partial charge on any atom is -0.497 e. The number of nitrogens with one attached hydrogen (secondary N) is 1. The van der Waals surface area contributed by atoms with E-state index in [0.29, 0.717) is 23.1 Å². The third-order valence-electron chi connectivity index (χ3n) is 4.07. The molecule has 1 amide bonds. The highest BCUT2D eigenvalue weighted by Crippen LogP contribution is 2.26. The normalized spacial score (nSPS) is 10.5. The molecule has 2 aromatic rings. The molecule has 0 saturated heterocycles. The molecule has 0 fully saturated rings. The lowest BCUT2D eigenvalue weighted by Crippen LogP contribution is -2.30. The first-order valence-electron chi connectivity index (χ1n) is 8.40. The van der Waals surface area contributed by atoms with Crippen molar-refractivity contribution in [3.8, 4) is 11.5 Å². The van der Waals surface area contributed by atoms with Gasteiger partial charge in [-0.3, -0.25) is 4.79 Å². The van der Waals surface area contributed by atoms with E-state index in [1.54, 1.807) is 25.3 Å². The summed E-state index contributed by atoms with van der Waals surface area (Å²) in [5.74, 6) is 0.903. The van der Waals surface area contributed by atoms with Crippen LogP contribution in [0, 0.1) is 0 Å². The number of amides is 1. The molecule has 0 aliphatic heterocycles. The number of anilines is 2. The molecule has 2 aromatic carbocycles. The number of carbonyl (C=O) groups excluding carboxylic acids is 1. The van der Waals surface area contributed by atoms with E-state index in [0.717, 1.165) is 17.9 Å². The summed E-state index contributed by atoms with van der Waals surface area (Å²) in [7, 11) is 3.11. The average Bonchev–Trinajstić information content (AvgIpc) is 2.62. The van der Waals surface area contributed by atoms with Crippen LogP contribution in [0.25, 0.3) is 0 Å². The summed E-state index contributed by atoms with van der Waals surface area (Å²) in [5, 5.41) is 2.91. The lowest BCUT2D eigenvalue weighted by atomic mass is 10.1. The zero-order valence-corrected chi connectivity index (χ0v) is 15.5. The Hall–Kier alpha value is -2.69. The van der Waals surface area contributed by atoms with Gasteiger partial charge in [0.15, 0.2) is 0 Å². The number of rotatable bonds is 7. The Morgan fingerprint density at radius 2 is 1.76 bits per heavy atom. The van der Waals surface area contributed by atoms with Gasteiger partial charge in [0.1, 0.15) is 11.5 Å². The SMILES string of the molecule is CCN(c1ccc(NC(=O)c2ccc(OC)cc2OC)cc1)C(C)C. The van der Waals surface area contributed by atoms with Gasteiger partial charge < -0.3 is 19.7 Å². The van der Waals surface area contributed by atoms with Gasteiger partial charge in [-0.1, -0.05) is 0 Å². The van der Waals surface area contributed by atoms with E-state index < -0.39 is 0 Å². The molecule has 0 bridgehead atoms. The molecule has 2 rings (SSSR count). The molecule has 1 N–H and O–H groups in total. The fourth-order valence-electron chi connectivity index (χ4n) is 2.77. The molecule has 0 saturated carbocycles. The fourth-order valence-corrected chi connectivity index (χ4v) is 2.77. The van der Waals surface area contributed by atoms with Crippen molar-refractivity contribution in [3.05, 3.63) is 48.0 Å². The second-order valence-corrected chi connectivity index (χ2v) is 5.95. The number of ether oxygens (including phenoxy) is 2. The Bertz CT molecular complexity index is 711. The molecule has 0 atom stereocenters. The summed E-state index contributed by atoms with van der Waals surface area (Å²) in [4.78, 5) is 14.8. The molecule has 25 heavy (non-hydrogen) atoms. The van der Waals surface area contributed by atoms with Crippen LogP contribution < -0.4 is 19.7 Å². The van der Waals surface area contributed by atoms with Crippen LogP contribution in [0.5, 0.6) is 11.5 Å². The van der Waals surface area contributed by atoms with Crippen molar-refractivity contribution in [2.24, 2.45) is 0 Å². The molecule has 0 spiro atoms. The smallest absolute Gasteiger partial charge is 0.259 e. The van der Waals surface area contributed by atoms with Gasteiger partial charge in [-0.15, -0.1) is 0 Å². The Morgan fingerprint density at radius 3 is 2.28 bits per heavy atom. The van der Waals surface area contributed by atoms with Crippen LogP contribution in [0.2, 0.25) is 0 Å². The Balaban J connectivity index is 2.16. The Morgan fingerprint density at radius 1 is 1.08 bits per heavy atom. The Kier molecular flexibility index (Phi) is 6.28. The van der Waals surface area contributed by atoms with Crippen molar-refractivity contribution in [2.75, 3.05) is 31.0 Å². The largest absolute Gasteiger partial charge is 0.497 e. The molecule has 5 heteroatoms. The van der Waals surface area contributed by atoms with Gasteiger partial charge in [0.25, 0.3) is 5.91 Å². The van der Waals surface area contributed by atoms with Crippen LogP contribution in [-0.4, -0.2) is 32.7 Å². The molecular formula is C20H26N2O3. The molecule has 0 radical (unpaired) electrons. The van der Waals surface area contributed by atoms with Crippen molar-refractivity contribution >= 4 is 17.3 Å². The highest BCUT2D eigenvalue weighted by molar-refractivity contribution is 6.06. The highest BCUT2D eigenvalue weighted by atomic mass is 16.5. The first-order valence-corrected chi connectivity index (χ1v) is 8.40. The quantitative estimate of drug-likeness (QED) is 0.820. The van der Waals surface area contributed by atoms with Gasteiger partial charge in [0.05, 0.1) is 19.8 Å². The first kappa shape index (κ1) is 18.6. The van der Waals surface area contributed by atoms with E-state index in [1.165, 1.54) is 7.11 Å².